The highest BCUT2D eigenvalue weighted by atomic mass is 19.4. The van der Waals surface area contributed by atoms with Gasteiger partial charge in [0.15, 0.2) is 5.82 Å². The molecule has 1 unspecified atom stereocenters. The molecule has 2 N–H and O–H groups in total. The lowest BCUT2D eigenvalue weighted by atomic mass is 9.81. The van der Waals surface area contributed by atoms with Gasteiger partial charge in [0, 0.05) is 13.0 Å². The highest BCUT2D eigenvalue weighted by molar-refractivity contribution is 5.05. The monoisotopic (exact) mass is 307 g/mol. The number of nitrogens with two attached hydrogens (primary N) is 1. The zero-order chi connectivity index (χ0) is 15.7. The Hall–Kier alpha value is -1.15. The first-order valence-corrected chi connectivity index (χ1v) is 6.92. The molecule has 0 bridgehead atoms. The summed E-state index contributed by atoms with van der Waals surface area (Å²) in [4.78, 5) is 4.25. The Morgan fingerprint density at radius 3 is 2.43 bits per heavy atom. The molecule has 0 aliphatic heterocycles. The molecule has 21 heavy (non-hydrogen) atoms. The van der Waals surface area contributed by atoms with Gasteiger partial charge in [0.1, 0.15) is 5.54 Å². The smallest absolute Gasteiger partial charge is 0.382 e. The standard InChI is InChI=1S/C13H20F3N3O2/c1-12(17,7-20-2)11-18-10(21-19-11)8-3-5-9(6-4-8)13(14,15)16/h8-9H,3-7,17H2,1-2H3. The van der Waals surface area contributed by atoms with Gasteiger partial charge in [-0.1, -0.05) is 5.16 Å². The third-order valence-electron chi connectivity index (χ3n) is 3.94. The van der Waals surface area contributed by atoms with E-state index < -0.39 is 17.6 Å². The number of hydrogen-bond acceptors (Lipinski definition) is 5. The average molecular weight is 307 g/mol. The van der Waals surface area contributed by atoms with E-state index in [0.29, 0.717) is 24.6 Å². The minimum atomic E-state index is -4.11. The van der Waals surface area contributed by atoms with Crippen LogP contribution in [0.1, 0.15) is 50.2 Å². The number of ether oxygens (including phenoxy) is 1. The molecule has 1 aliphatic carbocycles. The molecule has 0 radical (unpaired) electrons. The quantitative estimate of drug-likeness (QED) is 0.925. The number of alkyl halides is 3. The van der Waals surface area contributed by atoms with Crippen molar-refractivity contribution in [3.05, 3.63) is 11.7 Å². The van der Waals surface area contributed by atoms with Crippen LogP contribution in [0.2, 0.25) is 0 Å². The normalized spacial score (nSPS) is 26.6. The molecule has 1 fully saturated rings. The number of rotatable bonds is 4. The second-order valence-corrected chi connectivity index (χ2v) is 5.90. The molecule has 1 heterocycles. The van der Waals surface area contributed by atoms with Crippen molar-refractivity contribution in [2.45, 2.75) is 50.2 Å². The van der Waals surface area contributed by atoms with Gasteiger partial charge in [-0.25, -0.2) is 0 Å². The molecule has 1 aromatic rings. The zero-order valence-electron chi connectivity index (χ0n) is 12.1. The molecule has 1 saturated carbocycles. The lowest BCUT2D eigenvalue weighted by Gasteiger charge is -2.27. The van der Waals surface area contributed by atoms with Crippen LogP contribution in [0, 0.1) is 5.92 Å². The third-order valence-corrected chi connectivity index (χ3v) is 3.94. The Morgan fingerprint density at radius 1 is 1.29 bits per heavy atom. The van der Waals surface area contributed by atoms with Crippen molar-refractivity contribution in [3.8, 4) is 0 Å². The summed E-state index contributed by atoms with van der Waals surface area (Å²) in [6.07, 6.45) is -3.11. The van der Waals surface area contributed by atoms with Crippen LogP contribution in [0.15, 0.2) is 4.52 Å². The van der Waals surface area contributed by atoms with E-state index in [4.69, 9.17) is 15.0 Å². The predicted molar refractivity (Wildman–Crippen MR) is 68.5 cm³/mol. The SMILES string of the molecule is COCC(C)(N)c1noc(C2CCC(C(F)(F)F)CC2)n1. The van der Waals surface area contributed by atoms with Crippen LogP contribution in [0.5, 0.6) is 0 Å². The van der Waals surface area contributed by atoms with Crippen molar-refractivity contribution in [3.63, 3.8) is 0 Å². The summed E-state index contributed by atoms with van der Waals surface area (Å²) in [6, 6.07) is 0. The second kappa shape index (κ2) is 5.92. The fourth-order valence-corrected chi connectivity index (χ4v) is 2.67. The van der Waals surface area contributed by atoms with E-state index >= 15 is 0 Å². The van der Waals surface area contributed by atoms with E-state index in [1.54, 1.807) is 6.92 Å². The maximum absolute atomic E-state index is 12.6. The van der Waals surface area contributed by atoms with Crippen LogP contribution < -0.4 is 5.73 Å². The Bertz CT molecular complexity index is 465. The number of nitrogens with zero attached hydrogens (tertiary/aromatic N) is 2. The maximum atomic E-state index is 12.6. The second-order valence-electron chi connectivity index (χ2n) is 5.90. The van der Waals surface area contributed by atoms with Crippen molar-refractivity contribution in [2.75, 3.05) is 13.7 Å². The number of methoxy groups -OCH3 is 1. The summed E-state index contributed by atoms with van der Waals surface area (Å²) < 4.78 is 48.1. The maximum Gasteiger partial charge on any atom is 0.391 e. The van der Waals surface area contributed by atoms with Gasteiger partial charge >= 0.3 is 6.18 Å². The Labute approximate surface area is 121 Å². The lowest BCUT2D eigenvalue weighted by molar-refractivity contribution is -0.182. The molecule has 0 saturated heterocycles. The predicted octanol–water partition coefficient (Wildman–Crippen LogP) is 2.73. The lowest BCUT2D eigenvalue weighted by Crippen LogP contribution is -2.39. The molecule has 1 aromatic heterocycles. The fraction of sp³-hybridized carbons (Fsp3) is 0.846. The summed E-state index contributed by atoms with van der Waals surface area (Å²) in [7, 11) is 1.52. The van der Waals surface area contributed by atoms with Crippen molar-refractivity contribution >= 4 is 0 Å². The number of halogens is 3. The van der Waals surface area contributed by atoms with Crippen LogP contribution in [0.4, 0.5) is 13.2 Å². The van der Waals surface area contributed by atoms with Crippen LogP contribution in [-0.4, -0.2) is 30.0 Å². The average Bonchev–Trinajstić information content (AvgIpc) is 2.88. The van der Waals surface area contributed by atoms with Gasteiger partial charge in [-0.15, -0.1) is 0 Å². The fourth-order valence-electron chi connectivity index (χ4n) is 2.67. The molecule has 0 aromatic carbocycles. The highest BCUT2D eigenvalue weighted by Crippen LogP contribution is 2.42. The van der Waals surface area contributed by atoms with Crippen LogP contribution in [-0.2, 0) is 10.3 Å². The van der Waals surface area contributed by atoms with Gasteiger partial charge in [-0.2, -0.15) is 18.2 Å². The van der Waals surface area contributed by atoms with Crippen LogP contribution >= 0.6 is 0 Å². The molecular formula is C13H20F3N3O2. The van der Waals surface area contributed by atoms with E-state index in [2.05, 4.69) is 10.1 Å². The Morgan fingerprint density at radius 2 is 1.90 bits per heavy atom. The molecule has 8 heteroatoms. The first-order valence-electron chi connectivity index (χ1n) is 6.92. The van der Waals surface area contributed by atoms with Crippen molar-refractivity contribution in [2.24, 2.45) is 11.7 Å². The Balaban J connectivity index is 2.00. The summed E-state index contributed by atoms with van der Waals surface area (Å²) >= 11 is 0. The van der Waals surface area contributed by atoms with E-state index in [1.165, 1.54) is 7.11 Å². The molecule has 0 spiro atoms. The van der Waals surface area contributed by atoms with Crippen LogP contribution in [0.3, 0.4) is 0 Å². The van der Waals surface area contributed by atoms with E-state index in [9.17, 15) is 13.2 Å². The largest absolute Gasteiger partial charge is 0.391 e. The highest BCUT2D eigenvalue weighted by Gasteiger charge is 2.42. The molecule has 1 aliphatic rings. The summed E-state index contributed by atoms with van der Waals surface area (Å²) in [6.45, 7) is 1.94. The Kier molecular flexibility index (Phi) is 4.57. The van der Waals surface area contributed by atoms with Gasteiger partial charge in [0.05, 0.1) is 12.5 Å². The molecule has 5 nitrogen and oxygen atoms in total. The molecule has 120 valence electrons. The van der Waals surface area contributed by atoms with E-state index in [-0.39, 0.29) is 25.4 Å². The van der Waals surface area contributed by atoms with Gasteiger partial charge in [-0.05, 0) is 32.6 Å². The van der Waals surface area contributed by atoms with Gasteiger partial charge in [-0.3, -0.25) is 0 Å². The summed E-state index contributed by atoms with van der Waals surface area (Å²) in [5, 5.41) is 3.84. The summed E-state index contributed by atoms with van der Waals surface area (Å²) in [5.74, 6) is -0.650. The first-order chi connectivity index (χ1) is 9.74. The van der Waals surface area contributed by atoms with Crippen molar-refractivity contribution < 1.29 is 22.4 Å². The number of aromatic nitrogens is 2. The topological polar surface area (TPSA) is 74.2 Å². The molecule has 0 amide bonds. The minimum absolute atomic E-state index is 0.101. The number of hydrogen-bond donors (Lipinski definition) is 1. The minimum Gasteiger partial charge on any atom is -0.382 e. The molecule has 1 atom stereocenters. The van der Waals surface area contributed by atoms with Gasteiger partial charge < -0.3 is 15.0 Å². The molecule has 2 rings (SSSR count). The first kappa shape index (κ1) is 16.2. The summed E-state index contributed by atoms with van der Waals surface area (Å²) in [5.41, 5.74) is 5.14. The zero-order valence-corrected chi connectivity index (χ0v) is 12.1. The van der Waals surface area contributed by atoms with E-state index in [1.807, 2.05) is 0 Å². The van der Waals surface area contributed by atoms with E-state index in [0.717, 1.165) is 0 Å². The van der Waals surface area contributed by atoms with Crippen molar-refractivity contribution in [1.82, 2.24) is 10.1 Å². The van der Waals surface area contributed by atoms with Crippen molar-refractivity contribution in [1.29, 1.82) is 0 Å². The van der Waals surface area contributed by atoms with Gasteiger partial charge in [0.2, 0.25) is 5.89 Å². The van der Waals surface area contributed by atoms with Crippen LogP contribution in [0.25, 0.3) is 0 Å². The van der Waals surface area contributed by atoms with Gasteiger partial charge in [0.25, 0.3) is 0 Å². The third kappa shape index (κ3) is 3.74. The molecular weight excluding hydrogens is 287 g/mol.